The molecule has 21 heavy (non-hydrogen) atoms. The standard InChI is InChI=1S/C13H14BrN3O3S/c1-8-10(14)4-6-13(16-8)17-21(18,19)9-3-5-11(15)12(7-9)20-2/h3-7H,15H2,1-2H3,(H,16,17). The van der Waals surface area contributed by atoms with Crippen LogP contribution < -0.4 is 15.2 Å². The number of nitrogens with zero attached hydrogens (tertiary/aromatic N) is 1. The van der Waals surface area contributed by atoms with E-state index in [1.807, 2.05) is 0 Å². The van der Waals surface area contributed by atoms with E-state index in [1.54, 1.807) is 19.1 Å². The zero-order chi connectivity index (χ0) is 15.6. The van der Waals surface area contributed by atoms with Crippen LogP contribution in [-0.4, -0.2) is 20.5 Å². The Labute approximate surface area is 131 Å². The molecule has 0 aliphatic rings. The summed E-state index contributed by atoms with van der Waals surface area (Å²) in [5, 5.41) is 0. The molecular weight excluding hydrogens is 358 g/mol. The summed E-state index contributed by atoms with van der Waals surface area (Å²) in [6.07, 6.45) is 0. The lowest BCUT2D eigenvalue weighted by Crippen LogP contribution is -2.14. The second-order valence-corrected chi connectivity index (χ2v) is 6.81. The van der Waals surface area contributed by atoms with Crippen molar-refractivity contribution in [3.8, 4) is 5.75 Å². The van der Waals surface area contributed by atoms with Gasteiger partial charge in [-0.05, 0) is 47.1 Å². The minimum Gasteiger partial charge on any atom is -0.495 e. The van der Waals surface area contributed by atoms with Crippen LogP contribution in [0.5, 0.6) is 5.75 Å². The number of aryl methyl sites for hydroxylation is 1. The number of nitrogens with two attached hydrogens (primary N) is 1. The maximum absolute atomic E-state index is 12.3. The summed E-state index contributed by atoms with van der Waals surface area (Å²) in [4.78, 5) is 4.20. The van der Waals surface area contributed by atoms with Crippen molar-refractivity contribution in [2.24, 2.45) is 0 Å². The summed E-state index contributed by atoms with van der Waals surface area (Å²) in [5.41, 5.74) is 6.73. The van der Waals surface area contributed by atoms with Crippen molar-refractivity contribution in [1.29, 1.82) is 0 Å². The molecule has 0 aliphatic carbocycles. The molecule has 1 aromatic carbocycles. The molecule has 8 heteroatoms. The number of aromatic nitrogens is 1. The van der Waals surface area contributed by atoms with Crippen molar-refractivity contribution in [3.63, 3.8) is 0 Å². The van der Waals surface area contributed by atoms with Gasteiger partial charge in [0.15, 0.2) is 0 Å². The topological polar surface area (TPSA) is 94.3 Å². The van der Waals surface area contributed by atoms with Gasteiger partial charge in [-0.15, -0.1) is 0 Å². The maximum atomic E-state index is 12.3. The molecular formula is C13H14BrN3O3S. The summed E-state index contributed by atoms with van der Waals surface area (Å²) in [7, 11) is -2.33. The number of halogens is 1. The quantitative estimate of drug-likeness (QED) is 0.805. The van der Waals surface area contributed by atoms with Crippen molar-refractivity contribution in [3.05, 3.63) is 40.5 Å². The molecule has 0 aliphatic heterocycles. The highest BCUT2D eigenvalue weighted by molar-refractivity contribution is 9.10. The van der Waals surface area contributed by atoms with Gasteiger partial charge in [0.25, 0.3) is 10.0 Å². The molecule has 112 valence electrons. The number of nitrogens with one attached hydrogen (secondary N) is 1. The second kappa shape index (κ2) is 5.90. The van der Waals surface area contributed by atoms with Crippen molar-refractivity contribution in [2.45, 2.75) is 11.8 Å². The molecule has 6 nitrogen and oxygen atoms in total. The van der Waals surface area contributed by atoms with Crippen LogP contribution in [0, 0.1) is 6.92 Å². The van der Waals surface area contributed by atoms with Gasteiger partial charge in [0.1, 0.15) is 11.6 Å². The highest BCUT2D eigenvalue weighted by atomic mass is 79.9. The third kappa shape index (κ3) is 3.45. The number of anilines is 2. The minimum absolute atomic E-state index is 0.0518. The zero-order valence-electron chi connectivity index (χ0n) is 11.4. The van der Waals surface area contributed by atoms with Crippen molar-refractivity contribution >= 4 is 37.5 Å². The van der Waals surface area contributed by atoms with E-state index in [4.69, 9.17) is 10.5 Å². The number of hydrogen-bond donors (Lipinski definition) is 2. The van der Waals surface area contributed by atoms with E-state index in [2.05, 4.69) is 25.6 Å². The Morgan fingerprint density at radius 1 is 1.29 bits per heavy atom. The summed E-state index contributed by atoms with van der Waals surface area (Å²) in [6.45, 7) is 1.77. The van der Waals surface area contributed by atoms with Crippen LogP contribution in [0.1, 0.15) is 5.69 Å². The van der Waals surface area contributed by atoms with E-state index in [1.165, 1.54) is 25.3 Å². The lowest BCUT2D eigenvalue weighted by Gasteiger charge is -2.10. The lowest BCUT2D eigenvalue weighted by atomic mass is 10.3. The van der Waals surface area contributed by atoms with Gasteiger partial charge < -0.3 is 10.5 Å². The fourth-order valence-electron chi connectivity index (χ4n) is 1.66. The molecule has 0 unspecified atom stereocenters. The van der Waals surface area contributed by atoms with Crippen LogP contribution in [0.3, 0.4) is 0 Å². The van der Waals surface area contributed by atoms with Crippen molar-refractivity contribution in [2.75, 3.05) is 17.6 Å². The number of ether oxygens (including phenoxy) is 1. The largest absolute Gasteiger partial charge is 0.495 e. The molecule has 2 rings (SSSR count). The minimum atomic E-state index is -3.76. The predicted octanol–water partition coefficient (Wildman–Crippen LogP) is 2.54. The summed E-state index contributed by atoms with van der Waals surface area (Å²) in [6, 6.07) is 7.55. The number of sulfonamides is 1. The SMILES string of the molecule is COc1cc(S(=O)(=O)Nc2ccc(Br)c(C)n2)ccc1N. The molecule has 2 aromatic rings. The maximum Gasteiger partial charge on any atom is 0.263 e. The third-order valence-electron chi connectivity index (χ3n) is 2.78. The van der Waals surface area contributed by atoms with Crippen LogP contribution in [0.15, 0.2) is 39.7 Å². The van der Waals surface area contributed by atoms with E-state index in [-0.39, 0.29) is 10.7 Å². The van der Waals surface area contributed by atoms with Crippen LogP contribution in [-0.2, 0) is 10.0 Å². The molecule has 0 saturated heterocycles. The molecule has 0 bridgehead atoms. The van der Waals surface area contributed by atoms with Crippen LogP contribution in [0.4, 0.5) is 11.5 Å². The highest BCUT2D eigenvalue weighted by Gasteiger charge is 2.17. The number of pyridine rings is 1. The Morgan fingerprint density at radius 2 is 2.00 bits per heavy atom. The molecule has 0 atom stereocenters. The number of methoxy groups -OCH3 is 1. The number of benzene rings is 1. The van der Waals surface area contributed by atoms with Crippen LogP contribution >= 0.6 is 15.9 Å². The average molecular weight is 372 g/mol. The van der Waals surface area contributed by atoms with Gasteiger partial charge in [-0.3, -0.25) is 4.72 Å². The van der Waals surface area contributed by atoms with E-state index in [0.29, 0.717) is 17.1 Å². The van der Waals surface area contributed by atoms with E-state index < -0.39 is 10.0 Å². The van der Waals surface area contributed by atoms with Crippen molar-refractivity contribution in [1.82, 2.24) is 4.98 Å². The Hall–Kier alpha value is -1.80. The molecule has 1 heterocycles. The first-order valence-electron chi connectivity index (χ1n) is 5.93. The van der Waals surface area contributed by atoms with Gasteiger partial charge >= 0.3 is 0 Å². The Balaban J connectivity index is 2.35. The Morgan fingerprint density at radius 3 is 2.62 bits per heavy atom. The highest BCUT2D eigenvalue weighted by Crippen LogP contribution is 2.26. The van der Waals surface area contributed by atoms with Crippen LogP contribution in [0.25, 0.3) is 0 Å². The van der Waals surface area contributed by atoms with E-state index in [0.717, 1.165) is 4.47 Å². The van der Waals surface area contributed by atoms with Gasteiger partial charge in [0.2, 0.25) is 0 Å². The summed E-state index contributed by atoms with van der Waals surface area (Å²) < 4.78 is 32.9. The first-order chi connectivity index (χ1) is 9.83. The number of rotatable bonds is 4. The van der Waals surface area contributed by atoms with Gasteiger partial charge in [0, 0.05) is 10.5 Å². The van der Waals surface area contributed by atoms with Gasteiger partial charge in [0.05, 0.1) is 23.4 Å². The second-order valence-electron chi connectivity index (χ2n) is 4.27. The summed E-state index contributed by atoms with van der Waals surface area (Å²) >= 11 is 3.31. The molecule has 0 radical (unpaired) electrons. The molecule has 0 fully saturated rings. The molecule has 0 spiro atoms. The van der Waals surface area contributed by atoms with E-state index >= 15 is 0 Å². The normalized spacial score (nSPS) is 11.2. The first kappa shape index (κ1) is 15.6. The third-order valence-corrected chi connectivity index (χ3v) is 4.97. The van der Waals surface area contributed by atoms with Gasteiger partial charge in [-0.2, -0.15) is 0 Å². The molecule has 0 saturated carbocycles. The average Bonchev–Trinajstić information content (AvgIpc) is 2.43. The number of nitrogen functional groups attached to an aromatic ring is 1. The first-order valence-corrected chi connectivity index (χ1v) is 8.20. The zero-order valence-corrected chi connectivity index (χ0v) is 13.8. The van der Waals surface area contributed by atoms with Crippen LogP contribution in [0.2, 0.25) is 0 Å². The fraction of sp³-hybridized carbons (Fsp3) is 0.154. The molecule has 3 N–H and O–H groups in total. The smallest absolute Gasteiger partial charge is 0.263 e. The van der Waals surface area contributed by atoms with E-state index in [9.17, 15) is 8.42 Å². The molecule has 1 aromatic heterocycles. The predicted molar refractivity (Wildman–Crippen MR) is 84.9 cm³/mol. The monoisotopic (exact) mass is 371 g/mol. The van der Waals surface area contributed by atoms with Gasteiger partial charge in [-0.25, -0.2) is 13.4 Å². The van der Waals surface area contributed by atoms with Gasteiger partial charge in [-0.1, -0.05) is 0 Å². The number of hydrogen-bond acceptors (Lipinski definition) is 5. The molecule has 0 amide bonds. The Kier molecular flexibility index (Phi) is 4.38. The summed E-state index contributed by atoms with van der Waals surface area (Å²) in [5.74, 6) is 0.546. The lowest BCUT2D eigenvalue weighted by molar-refractivity contribution is 0.415. The fourth-order valence-corrected chi connectivity index (χ4v) is 2.89. The Bertz CT molecular complexity index is 778. The van der Waals surface area contributed by atoms with Crippen molar-refractivity contribution < 1.29 is 13.2 Å².